The third kappa shape index (κ3) is 2.23. The Morgan fingerprint density at radius 2 is 2.15 bits per heavy atom. The van der Waals surface area contributed by atoms with Crippen molar-refractivity contribution in [3.05, 3.63) is 54.5 Å². The summed E-state index contributed by atoms with van der Waals surface area (Å²) in [4.78, 5) is 0. The summed E-state index contributed by atoms with van der Waals surface area (Å²) < 4.78 is 4.06. The van der Waals surface area contributed by atoms with Gasteiger partial charge in [-0.15, -0.1) is 0 Å². The molecule has 6 nitrogen and oxygen atoms in total. The van der Waals surface area contributed by atoms with E-state index in [0.29, 0.717) is 5.56 Å². The number of amidine groups is 1. The number of nitrogens with zero attached hydrogens (tertiary/aromatic N) is 4. The first kappa shape index (κ1) is 12.3. The zero-order chi connectivity index (χ0) is 13.9. The van der Waals surface area contributed by atoms with Crippen LogP contribution in [-0.2, 0) is 13.1 Å². The molecule has 20 heavy (non-hydrogen) atoms. The molecule has 0 unspecified atom stereocenters. The van der Waals surface area contributed by atoms with Crippen molar-refractivity contribution >= 4 is 16.7 Å². The van der Waals surface area contributed by atoms with E-state index in [9.17, 15) is 0 Å². The minimum atomic E-state index is 0.121. The Hall–Kier alpha value is -2.76. The van der Waals surface area contributed by atoms with Crippen molar-refractivity contribution in [1.29, 1.82) is 0 Å². The van der Waals surface area contributed by atoms with E-state index in [0.717, 1.165) is 24.0 Å². The maximum Gasteiger partial charge on any atom is 0.170 e. The highest BCUT2D eigenvalue weighted by Crippen LogP contribution is 2.17. The number of aryl methyl sites for hydroxylation is 2. The highest BCUT2D eigenvalue weighted by atomic mass is 16.4. The van der Waals surface area contributed by atoms with Gasteiger partial charge in [0.05, 0.1) is 6.54 Å². The topological polar surface area (TPSA) is 81.4 Å². The maximum atomic E-state index is 8.70. The van der Waals surface area contributed by atoms with Gasteiger partial charge in [-0.25, -0.2) is 0 Å². The van der Waals surface area contributed by atoms with Crippen molar-refractivity contribution in [2.24, 2.45) is 10.9 Å². The summed E-state index contributed by atoms with van der Waals surface area (Å²) in [6.45, 7) is 1.66. The van der Waals surface area contributed by atoms with E-state index in [4.69, 9.17) is 10.9 Å². The largest absolute Gasteiger partial charge is 0.409 e. The number of oxime groups is 1. The summed E-state index contributed by atoms with van der Waals surface area (Å²) in [5.41, 5.74) is 7.43. The minimum Gasteiger partial charge on any atom is -0.409 e. The summed E-state index contributed by atoms with van der Waals surface area (Å²) in [6.07, 6.45) is 5.75. The molecule has 0 saturated heterocycles. The number of hydrogen-bond acceptors (Lipinski definition) is 3. The van der Waals surface area contributed by atoms with Crippen molar-refractivity contribution in [1.82, 2.24) is 14.3 Å². The zero-order valence-electron chi connectivity index (χ0n) is 10.8. The molecule has 3 aromatic rings. The van der Waals surface area contributed by atoms with Crippen LogP contribution in [0.3, 0.4) is 0 Å². The molecule has 0 atom stereocenters. The van der Waals surface area contributed by atoms with Crippen LogP contribution in [0.1, 0.15) is 5.56 Å². The molecule has 0 spiro atoms. The predicted octanol–water partition coefficient (Wildman–Crippen LogP) is 1.63. The molecular weight excluding hydrogens is 254 g/mol. The molecule has 0 radical (unpaired) electrons. The van der Waals surface area contributed by atoms with Crippen LogP contribution in [0.15, 0.2) is 54.1 Å². The molecule has 3 N–H and O–H groups in total. The van der Waals surface area contributed by atoms with Gasteiger partial charge in [0.1, 0.15) is 0 Å². The van der Waals surface area contributed by atoms with Crippen LogP contribution in [0.2, 0.25) is 0 Å². The summed E-state index contributed by atoms with van der Waals surface area (Å²) in [6, 6.07) is 9.67. The summed E-state index contributed by atoms with van der Waals surface area (Å²) in [7, 11) is 0. The third-order valence-electron chi connectivity index (χ3n) is 3.30. The molecule has 0 aliphatic carbocycles. The fourth-order valence-electron chi connectivity index (χ4n) is 2.26. The lowest BCUT2D eigenvalue weighted by molar-refractivity contribution is 0.318. The van der Waals surface area contributed by atoms with Gasteiger partial charge in [-0.2, -0.15) is 5.10 Å². The van der Waals surface area contributed by atoms with Gasteiger partial charge in [0.15, 0.2) is 5.84 Å². The third-order valence-corrected chi connectivity index (χ3v) is 3.30. The van der Waals surface area contributed by atoms with Crippen LogP contribution in [0.4, 0.5) is 0 Å². The van der Waals surface area contributed by atoms with E-state index in [-0.39, 0.29) is 5.84 Å². The second-order valence-electron chi connectivity index (χ2n) is 4.54. The van der Waals surface area contributed by atoms with Crippen molar-refractivity contribution in [2.75, 3.05) is 0 Å². The molecule has 102 valence electrons. The molecule has 6 heteroatoms. The quantitative estimate of drug-likeness (QED) is 0.327. The first-order valence-corrected chi connectivity index (χ1v) is 6.32. The fourth-order valence-corrected chi connectivity index (χ4v) is 2.26. The Balaban J connectivity index is 1.86. The number of nitrogens with two attached hydrogens (primary N) is 1. The molecule has 0 aliphatic rings. The van der Waals surface area contributed by atoms with Crippen LogP contribution < -0.4 is 5.73 Å². The normalized spacial score (nSPS) is 12.1. The van der Waals surface area contributed by atoms with Gasteiger partial charge in [0, 0.05) is 41.6 Å². The van der Waals surface area contributed by atoms with Crippen LogP contribution in [0.25, 0.3) is 10.9 Å². The molecule has 0 bridgehead atoms. The van der Waals surface area contributed by atoms with Crippen LogP contribution in [0, 0.1) is 0 Å². The van der Waals surface area contributed by atoms with Crippen molar-refractivity contribution in [3.8, 4) is 0 Å². The zero-order valence-corrected chi connectivity index (χ0v) is 10.8. The van der Waals surface area contributed by atoms with Gasteiger partial charge in [0.2, 0.25) is 0 Å². The number of fused-ring (bicyclic) bond motifs is 1. The number of benzene rings is 1. The molecule has 0 aliphatic heterocycles. The first-order chi connectivity index (χ1) is 9.78. The SMILES string of the molecule is N/C(=N/O)c1ccc2c(ccn2CCn2cccn2)c1. The molecule has 2 heterocycles. The summed E-state index contributed by atoms with van der Waals surface area (Å²) >= 11 is 0. The Morgan fingerprint density at radius 3 is 2.90 bits per heavy atom. The average molecular weight is 269 g/mol. The molecule has 0 fully saturated rings. The lowest BCUT2D eigenvalue weighted by Gasteiger charge is -2.06. The second-order valence-corrected chi connectivity index (χ2v) is 4.54. The maximum absolute atomic E-state index is 8.70. The summed E-state index contributed by atoms with van der Waals surface area (Å²) in [5, 5.41) is 17.0. The molecule has 3 rings (SSSR count). The predicted molar refractivity (Wildman–Crippen MR) is 76.7 cm³/mol. The molecule has 0 amide bonds. The Labute approximate surface area is 115 Å². The monoisotopic (exact) mass is 269 g/mol. The van der Waals surface area contributed by atoms with E-state index < -0.39 is 0 Å². The Bertz CT molecular complexity index is 742. The molecule has 1 aromatic carbocycles. The van der Waals surface area contributed by atoms with Gasteiger partial charge in [-0.1, -0.05) is 5.16 Å². The number of rotatable bonds is 4. The highest BCUT2D eigenvalue weighted by molar-refractivity contribution is 6.00. The van der Waals surface area contributed by atoms with Crippen molar-refractivity contribution < 1.29 is 5.21 Å². The molecule has 0 saturated carbocycles. The minimum absolute atomic E-state index is 0.121. The van der Waals surface area contributed by atoms with Gasteiger partial charge in [-0.05, 0) is 30.3 Å². The van der Waals surface area contributed by atoms with Crippen molar-refractivity contribution in [3.63, 3.8) is 0 Å². The molecular formula is C14H15N5O. The van der Waals surface area contributed by atoms with Crippen LogP contribution in [-0.4, -0.2) is 25.4 Å². The Morgan fingerprint density at radius 1 is 1.25 bits per heavy atom. The van der Waals surface area contributed by atoms with E-state index >= 15 is 0 Å². The summed E-state index contributed by atoms with van der Waals surface area (Å²) in [5.74, 6) is 0.121. The lowest BCUT2D eigenvalue weighted by Crippen LogP contribution is -2.12. The van der Waals surface area contributed by atoms with Gasteiger partial charge in [-0.3, -0.25) is 4.68 Å². The van der Waals surface area contributed by atoms with E-state index in [2.05, 4.69) is 14.8 Å². The van der Waals surface area contributed by atoms with Crippen LogP contribution >= 0.6 is 0 Å². The fraction of sp³-hybridized carbons (Fsp3) is 0.143. The van der Waals surface area contributed by atoms with Crippen LogP contribution in [0.5, 0.6) is 0 Å². The average Bonchev–Trinajstić information content (AvgIpc) is 3.13. The van der Waals surface area contributed by atoms with E-state index in [1.54, 1.807) is 6.20 Å². The highest BCUT2D eigenvalue weighted by Gasteiger charge is 2.05. The van der Waals surface area contributed by atoms with Gasteiger partial charge in [0.25, 0.3) is 0 Å². The number of hydrogen-bond donors (Lipinski definition) is 2. The first-order valence-electron chi connectivity index (χ1n) is 6.32. The number of aromatic nitrogens is 3. The second kappa shape index (κ2) is 5.08. The Kier molecular flexibility index (Phi) is 3.12. The lowest BCUT2D eigenvalue weighted by atomic mass is 10.1. The standard InChI is InChI=1S/C14H15N5O/c15-14(17-20)12-2-3-13-11(10-12)4-7-18(13)8-9-19-6-1-5-16-19/h1-7,10,20H,8-9H2,(H2,15,17). The van der Waals surface area contributed by atoms with E-state index in [1.165, 1.54) is 0 Å². The molecule has 2 aromatic heterocycles. The smallest absolute Gasteiger partial charge is 0.170 e. The van der Waals surface area contributed by atoms with E-state index in [1.807, 2.05) is 47.4 Å². The van der Waals surface area contributed by atoms with Crippen molar-refractivity contribution in [2.45, 2.75) is 13.1 Å². The van der Waals surface area contributed by atoms with Gasteiger partial charge < -0.3 is 15.5 Å². The van der Waals surface area contributed by atoms with Gasteiger partial charge >= 0.3 is 0 Å².